The molecule has 1 aromatic heterocycles. The minimum atomic E-state index is -0.498. The molecule has 0 saturated carbocycles. The average molecular weight is 416 g/mol. The van der Waals surface area contributed by atoms with Crippen molar-refractivity contribution in [2.75, 3.05) is 7.11 Å². The predicted octanol–water partition coefficient (Wildman–Crippen LogP) is 5.60. The number of methoxy groups -OCH3 is 1. The largest absolute Gasteiger partial charge is 0.495 e. The van der Waals surface area contributed by atoms with E-state index in [1.807, 2.05) is 33.9 Å². The molecule has 0 aliphatic carbocycles. The van der Waals surface area contributed by atoms with Gasteiger partial charge in [-0.2, -0.15) is 0 Å². The highest BCUT2D eigenvalue weighted by atomic mass is 19.1. The van der Waals surface area contributed by atoms with Gasteiger partial charge in [0.15, 0.2) is 0 Å². The summed E-state index contributed by atoms with van der Waals surface area (Å²) in [6.07, 6.45) is 3.79. The van der Waals surface area contributed by atoms with Gasteiger partial charge in [-0.1, -0.05) is 27.7 Å². The third-order valence-electron chi connectivity index (χ3n) is 5.47. The Balaban J connectivity index is 1.90. The maximum Gasteiger partial charge on any atom is 0.140 e. The van der Waals surface area contributed by atoms with Gasteiger partial charge in [-0.25, -0.2) is 13.8 Å². The zero-order valence-corrected chi connectivity index (χ0v) is 18.6. The summed E-state index contributed by atoms with van der Waals surface area (Å²) in [4.78, 5) is 4.60. The Morgan fingerprint density at radius 1 is 1.23 bits per heavy atom. The van der Waals surface area contributed by atoms with Crippen molar-refractivity contribution in [2.24, 2.45) is 0 Å². The van der Waals surface area contributed by atoms with Gasteiger partial charge in [0, 0.05) is 40.9 Å². The molecule has 1 unspecified atom stereocenters. The van der Waals surface area contributed by atoms with Crippen molar-refractivity contribution in [2.45, 2.75) is 65.0 Å². The van der Waals surface area contributed by atoms with Crippen molar-refractivity contribution in [3.8, 4) is 17.0 Å². The highest BCUT2D eigenvalue weighted by molar-refractivity contribution is 5.62. The van der Waals surface area contributed by atoms with E-state index in [9.17, 15) is 4.39 Å². The maximum atomic E-state index is 15.0. The zero-order chi connectivity index (χ0) is 22.1. The third kappa shape index (κ3) is 4.58. The average Bonchev–Trinajstić information content (AvgIpc) is 3.15. The fourth-order valence-electron chi connectivity index (χ4n) is 3.71. The van der Waals surface area contributed by atoms with E-state index < -0.39 is 11.6 Å². The molecule has 30 heavy (non-hydrogen) atoms. The molecule has 1 aliphatic heterocycles. The van der Waals surface area contributed by atoms with E-state index >= 15 is 4.39 Å². The number of aromatic nitrogens is 1. The zero-order valence-electron chi connectivity index (χ0n) is 18.6. The standard InChI is InChI=1S/C24H31F2N3O/c1-7-15-10-16(13-27-15)28-14(2)17-11-20(26)18(12-19(17)25)21-8-9-22(30-6)23(29-21)24(3,4)5/h8-9,11-15,27-28H,7,10H2,1-6H3/t14?,15-/m0/s1. The molecule has 1 aliphatic rings. The normalized spacial score (nSPS) is 17.3. The van der Waals surface area contributed by atoms with E-state index in [1.54, 1.807) is 19.2 Å². The molecule has 0 bridgehead atoms. The number of hydrogen-bond donors (Lipinski definition) is 2. The van der Waals surface area contributed by atoms with Gasteiger partial charge in [-0.05, 0) is 37.6 Å². The first kappa shape index (κ1) is 22.1. The SMILES string of the molecule is CC[C@H]1CC(NC(C)c2cc(F)c(-c3ccc(OC)c(C(C)(C)C)n3)cc2F)=CN1. The topological polar surface area (TPSA) is 46.2 Å². The van der Waals surface area contributed by atoms with Crippen LogP contribution in [-0.2, 0) is 5.41 Å². The quantitative estimate of drug-likeness (QED) is 0.645. The molecule has 0 saturated heterocycles. The number of nitrogens with one attached hydrogen (secondary N) is 2. The molecule has 0 radical (unpaired) electrons. The Bertz CT molecular complexity index is 950. The minimum Gasteiger partial charge on any atom is -0.495 e. The van der Waals surface area contributed by atoms with Gasteiger partial charge in [0.2, 0.25) is 0 Å². The lowest BCUT2D eigenvalue weighted by Gasteiger charge is -2.22. The Hall–Kier alpha value is -2.63. The van der Waals surface area contributed by atoms with Crippen LogP contribution in [0.3, 0.4) is 0 Å². The molecule has 6 heteroatoms. The van der Waals surface area contributed by atoms with Gasteiger partial charge >= 0.3 is 0 Å². The van der Waals surface area contributed by atoms with E-state index in [-0.39, 0.29) is 17.0 Å². The Labute approximate surface area is 177 Å². The molecule has 162 valence electrons. The van der Waals surface area contributed by atoms with Crippen LogP contribution in [0.5, 0.6) is 5.75 Å². The summed E-state index contributed by atoms with van der Waals surface area (Å²) in [5.41, 5.74) is 2.23. The van der Waals surface area contributed by atoms with Crippen molar-refractivity contribution in [3.05, 3.63) is 59.1 Å². The summed E-state index contributed by atoms with van der Waals surface area (Å²) in [6, 6.07) is 5.95. The van der Waals surface area contributed by atoms with Crippen LogP contribution >= 0.6 is 0 Å². The second-order valence-corrected chi connectivity index (χ2v) is 8.86. The molecule has 3 rings (SSSR count). The van der Waals surface area contributed by atoms with Crippen LogP contribution in [0.25, 0.3) is 11.3 Å². The second kappa shape index (κ2) is 8.62. The lowest BCUT2D eigenvalue weighted by molar-refractivity contribution is 0.392. The molecule has 4 nitrogen and oxygen atoms in total. The second-order valence-electron chi connectivity index (χ2n) is 8.86. The van der Waals surface area contributed by atoms with Gasteiger partial charge in [0.25, 0.3) is 0 Å². The summed E-state index contributed by atoms with van der Waals surface area (Å²) in [5, 5.41) is 6.58. The number of ether oxygens (including phenoxy) is 1. The number of benzene rings is 1. The molecule has 0 fully saturated rings. The third-order valence-corrected chi connectivity index (χ3v) is 5.47. The molecule has 0 spiro atoms. The predicted molar refractivity (Wildman–Crippen MR) is 116 cm³/mol. The fourth-order valence-corrected chi connectivity index (χ4v) is 3.71. The summed E-state index contributed by atoms with van der Waals surface area (Å²) < 4.78 is 35.4. The van der Waals surface area contributed by atoms with Crippen LogP contribution in [0.4, 0.5) is 8.78 Å². The van der Waals surface area contributed by atoms with Gasteiger partial charge in [-0.15, -0.1) is 0 Å². The van der Waals surface area contributed by atoms with E-state index in [4.69, 9.17) is 4.74 Å². The smallest absolute Gasteiger partial charge is 0.140 e. The van der Waals surface area contributed by atoms with Crippen molar-refractivity contribution in [1.82, 2.24) is 15.6 Å². The Morgan fingerprint density at radius 3 is 2.57 bits per heavy atom. The van der Waals surface area contributed by atoms with Gasteiger partial charge in [0.1, 0.15) is 17.4 Å². The van der Waals surface area contributed by atoms with E-state index in [0.717, 1.165) is 18.5 Å². The number of halogens is 2. The number of hydrogen-bond acceptors (Lipinski definition) is 4. The van der Waals surface area contributed by atoms with Gasteiger partial charge < -0.3 is 15.4 Å². The van der Waals surface area contributed by atoms with Crippen LogP contribution in [0.2, 0.25) is 0 Å². The minimum absolute atomic E-state index is 0.143. The first-order valence-corrected chi connectivity index (χ1v) is 10.4. The molecule has 0 amide bonds. The van der Waals surface area contributed by atoms with Crippen molar-refractivity contribution in [3.63, 3.8) is 0 Å². The molecular formula is C24H31F2N3O. The molecule has 2 heterocycles. The molecule has 1 aromatic carbocycles. The van der Waals surface area contributed by atoms with Crippen LogP contribution in [-0.4, -0.2) is 18.1 Å². The van der Waals surface area contributed by atoms with Gasteiger partial charge in [-0.3, -0.25) is 0 Å². The summed E-state index contributed by atoms with van der Waals surface area (Å²) in [7, 11) is 1.58. The first-order chi connectivity index (χ1) is 14.1. The number of rotatable bonds is 6. The molecule has 2 N–H and O–H groups in total. The number of pyridine rings is 1. The first-order valence-electron chi connectivity index (χ1n) is 10.4. The summed E-state index contributed by atoms with van der Waals surface area (Å²) >= 11 is 0. The van der Waals surface area contributed by atoms with Crippen molar-refractivity contribution in [1.29, 1.82) is 0 Å². The lowest BCUT2D eigenvalue weighted by atomic mass is 9.90. The highest BCUT2D eigenvalue weighted by Gasteiger charge is 2.24. The van der Waals surface area contributed by atoms with E-state index in [2.05, 4.69) is 22.5 Å². The van der Waals surface area contributed by atoms with Crippen LogP contribution in [0.15, 0.2) is 36.2 Å². The highest BCUT2D eigenvalue weighted by Crippen LogP contribution is 2.34. The summed E-state index contributed by atoms with van der Waals surface area (Å²) in [6.45, 7) is 9.96. The van der Waals surface area contributed by atoms with Crippen LogP contribution in [0, 0.1) is 11.6 Å². The number of nitrogens with zero attached hydrogens (tertiary/aromatic N) is 1. The van der Waals surface area contributed by atoms with Crippen LogP contribution < -0.4 is 15.4 Å². The van der Waals surface area contributed by atoms with Gasteiger partial charge in [0.05, 0.1) is 24.5 Å². The molecule has 2 aromatic rings. The van der Waals surface area contributed by atoms with Crippen LogP contribution in [0.1, 0.15) is 64.8 Å². The van der Waals surface area contributed by atoms with Crippen molar-refractivity contribution >= 4 is 0 Å². The monoisotopic (exact) mass is 415 g/mol. The lowest BCUT2D eigenvalue weighted by Crippen LogP contribution is -2.20. The maximum absolute atomic E-state index is 15.0. The van der Waals surface area contributed by atoms with Crippen molar-refractivity contribution < 1.29 is 13.5 Å². The molecule has 2 atom stereocenters. The Kier molecular flexibility index (Phi) is 6.34. The fraction of sp³-hybridized carbons (Fsp3) is 0.458. The van der Waals surface area contributed by atoms with E-state index in [1.165, 1.54) is 12.1 Å². The Morgan fingerprint density at radius 2 is 1.97 bits per heavy atom. The summed E-state index contributed by atoms with van der Waals surface area (Å²) in [5.74, 6) is -0.326. The molecular weight excluding hydrogens is 384 g/mol. The van der Waals surface area contributed by atoms with E-state index in [0.29, 0.717) is 28.7 Å².